The van der Waals surface area contributed by atoms with E-state index in [-0.39, 0.29) is 12.0 Å². The Bertz CT molecular complexity index is 968. The summed E-state index contributed by atoms with van der Waals surface area (Å²) in [6.45, 7) is -1.41. The molecule has 0 radical (unpaired) electrons. The van der Waals surface area contributed by atoms with Crippen LogP contribution in [-0.4, -0.2) is 40.7 Å². The van der Waals surface area contributed by atoms with Gasteiger partial charge in [0.2, 0.25) is 5.91 Å². The minimum Gasteiger partial charge on any atom is -0.455 e. The number of nitrogens with one attached hydrogen (secondary N) is 1. The van der Waals surface area contributed by atoms with E-state index in [4.69, 9.17) is 4.42 Å². The highest BCUT2D eigenvalue weighted by Gasteiger charge is 2.38. The second-order valence-corrected chi connectivity index (χ2v) is 6.59. The highest BCUT2D eigenvalue weighted by Crippen LogP contribution is 2.37. The number of nitrogens with zero attached hydrogens (tertiary/aromatic N) is 2. The highest BCUT2D eigenvalue weighted by molar-refractivity contribution is 5.82. The molecule has 0 aliphatic carbocycles. The molecule has 4 rings (SSSR count). The van der Waals surface area contributed by atoms with Crippen LogP contribution in [0.15, 0.2) is 35.0 Å². The fourth-order valence-electron chi connectivity index (χ4n) is 3.62. The van der Waals surface area contributed by atoms with Gasteiger partial charge in [-0.15, -0.1) is 0 Å². The van der Waals surface area contributed by atoms with E-state index >= 15 is 0 Å². The van der Waals surface area contributed by atoms with E-state index < -0.39 is 37.0 Å². The summed E-state index contributed by atoms with van der Waals surface area (Å²) in [6.07, 6.45) is 1.85. The van der Waals surface area contributed by atoms with Crippen molar-refractivity contribution in [3.63, 3.8) is 0 Å². The number of aromatic nitrogens is 2. The minimum absolute atomic E-state index is 0.0911. The molecule has 5 nitrogen and oxygen atoms in total. The van der Waals surface area contributed by atoms with Crippen LogP contribution in [0.5, 0.6) is 0 Å². The number of imidazole rings is 1. The van der Waals surface area contributed by atoms with Gasteiger partial charge in [-0.05, 0) is 18.6 Å². The zero-order chi connectivity index (χ0) is 19.0. The number of fused-ring (bicyclic) bond motifs is 2. The largest absolute Gasteiger partial charge is 0.455 e. The third-order valence-corrected chi connectivity index (χ3v) is 4.99. The maximum Gasteiger partial charge on any atom is 0.229 e. The quantitative estimate of drug-likeness (QED) is 0.737. The Morgan fingerprint density at radius 3 is 3.00 bits per heavy atom. The molecule has 1 aliphatic rings. The van der Waals surface area contributed by atoms with Gasteiger partial charge in [0, 0.05) is 24.0 Å². The van der Waals surface area contributed by atoms with Gasteiger partial charge in [-0.1, -0.05) is 12.1 Å². The van der Waals surface area contributed by atoms with Gasteiger partial charge in [-0.25, -0.2) is 9.37 Å². The van der Waals surface area contributed by atoms with Crippen LogP contribution >= 0.6 is 0 Å². The Labute approximate surface area is 153 Å². The second-order valence-electron chi connectivity index (χ2n) is 6.59. The van der Waals surface area contributed by atoms with Crippen LogP contribution in [0, 0.1) is 11.7 Å². The first-order chi connectivity index (χ1) is 13.1. The predicted octanol–water partition coefficient (Wildman–Crippen LogP) is 3.71. The lowest BCUT2D eigenvalue weighted by Gasteiger charge is -2.35. The molecule has 8 heteroatoms. The summed E-state index contributed by atoms with van der Waals surface area (Å²) in [7, 11) is 0. The van der Waals surface area contributed by atoms with Gasteiger partial charge in [-0.2, -0.15) is 0 Å². The third kappa shape index (κ3) is 2.98. The molecule has 0 saturated carbocycles. The number of alkyl halides is 2. The van der Waals surface area contributed by atoms with Crippen LogP contribution < -0.4 is 0 Å². The Hall–Kier alpha value is -2.77. The van der Waals surface area contributed by atoms with Crippen molar-refractivity contribution in [3.8, 4) is 0 Å². The van der Waals surface area contributed by atoms with E-state index in [1.807, 2.05) is 0 Å². The Balaban J connectivity index is 1.79. The van der Waals surface area contributed by atoms with Gasteiger partial charge < -0.3 is 14.3 Å². The van der Waals surface area contributed by atoms with Crippen molar-refractivity contribution in [2.45, 2.75) is 18.9 Å². The van der Waals surface area contributed by atoms with E-state index in [9.17, 15) is 18.0 Å². The molecule has 1 aliphatic heterocycles. The van der Waals surface area contributed by atoms with Gasteiger partial charge in [0.1, 0.15) is 18.5 Å². The lowest BCUT2D eigenvalue weighted by molar-refractivity contribution is -0.139. The van der Waals surface area contributed by atoms with Crippen molar-refractivity contribution in [2.24, 2.45) is 5.92 Å². The number of benzene rings is 1. The van der Waals surface area contributed by atoms with Gasteiger partial charge in [0.15, 0.2) is 11.4 Å². The summed E-state index contributed by atoms with van der Waals surface area (Å²) in [5.41, 5.74) is 1.51. The summed E-state index contributed by atoms with van der Waals surface area (Å²) in [5, 5.41) is 0.561. The molecule has 2 atom stereocenters. The molecular formula is C19H18F3N3O2. The number of rotatable bonds is 5. The van der Waals surface area contributed by atoms with Crippen molar-refractivity contribution >= 4 is 16.9 Å². The maximum atomic E-state index is 14.1. The fourth-order valence-corrected chi connectivity index (χ4v) is 3.62. The molecule has 1 N–H and O–H groups in total. The van der Waals surface area contributed by atoms with E-state index in [0.717, 1.165) is 5.69 Å². The van der Waals surface area contributed by atoms with E-state index in [0.29, 0.717) is 29.8 Å². The number of carbonyl (C=O) groups is 1. The summed E-state index contributed by atoms with van der Waals surface area (Å²) in [5.74, 6) is -1.71. The Morgan fingerprint density at radius 1 is 1.41 bits per heavy atom. The first-order valence-electron chi connectivity index (χ1n) is 8.76. The number of para-hydroxylation sites is 1. The zero-order valence-electron chi connectivity index (χ0n) is 14.4. The van der Waals surface area contributed by atoms with Crippen LogP contribution in [0.4, 0.5) is 13.2 Å². The molecule has 0 fully saturated rings. The lowest BCUT2D eigenvalue weighted by Crippen LogP contribution is -2.44. The third-order valence-electron chi connectivity index (χ3n) is 4.99. The lowest BCUT2D eigenvalue weighted by atomic mass is 9.97. The van der Waals surface area contributed by atoms with Gasteiger partial charge >= 0.3 is 0 Å². The first kappa shape index (κ1) is 17.6. The maximum absolute atomic E-state index is 14.1. The molecule has 142 valence electrons. The van der Waals surface area contributed by atoms with Gasteiger partial charge in [-0.3, -0.25) is 13.6 Å². The number of aromatic amines is 1. The predicted molar refractivity (Wildman–Crippen MR) is 92.1 cm³/mol. The second kappa shape index (κ2) is 7.09. The smallest absolute Gasteiger partial charge is 0.229 e. The molecular weight excluding hydrogens is 359 g/mol. The van der Waals surface area contributed by atoms with Crippen molar-refractivity contribution in [2.75, 3.05) is 19.9 Å². The summed E-state index contributed by atoms with van der Waals surface area (Å²) in [6, 6.07) is 5.51. The SMILES string of the molecule is O=C([C@H](CF)CCF)N1CCc2[nH]cnc2[C@H]1c1cc2cccc(F)c2o1. The molecule has 0 spiro atoms. The van der Waals surface area contributed by atoms with Crippen LogP contribution in [0.3, 0.4) is 0 Å². The van der Waals surface area contributed by atoms with Crippen molar-refractivity contribution in [3.05, 3.63) is 53.6 Å². The molecule has 1 amide bonds. The molecule has 0 saturated heterocycles. The monoisotopic (exact) mass is 377 g/mol. The normalized spacial score (nSPS) is 17.9. The van der Waals surface area contributed by atoms with Crippen LogP contribution in [0.25, 0.3) is 11.0 Å². The minimum atomic E-state index is -1.06. The average molecular weight is 377 g/mol. The Morgan fingerprint density at radius 2 is 2.26 bits per heavy atom. The van der Waals surface area contributed by atoms with Crippen LogP contribution in [0.1, 0.15) is 29.6 Å². The summed E-state index contributed by atoms with van der Waals surface area (Å²) >= 11 is 0. The van der Waals surface area contributed by atoms with Gasteiger partial charge in [0.25, 0.3) is 0 Å². The van der Waals surface area contributed by atoms with Crippen LogP contribution in [-0.2, 0) is 11.2 Å². The zero-order valence-corrected chi connectivity index (χ0v) is 14.4. The first-order valence-corrected chi connectivity index (χ1v) is 8.76. The van der Waals surface area contributed by atoms with E-state index in [1.165, 1.54) is 17.3 Å². The van der Waals surface area contributed by atoms with E-state index in [2.05, 4.69) is 9.97 Å². The summed E-state index contributed by atoms with van der Waals surface area (Å²) in [4.78, 5) is 21.7. The van der Waals surface area contributed by atoms with Crippen molar-refractivity contribution < 1.29 is 22.4 Å². The van der Waals surface area contributed by atoms with Gasteiger partial charge in [0.05, 0.1) is 24.6 Å². The average Bonchev–Trinajstić information content (AvgIpc) is 3.32. The fraction of sp³-hybridized carbons (Fsp3) is 0.368. The number of halogens is 3. The number of H-pyrrole nitrogens is 1. The number of hydrogen-bond donors (Lipinski definition) is 1. The number of furan rings is 1. The number of hydrogen-bond acceptors (Lipinski definition) is 3. The van der Waals surface area contributed by atoms with E-state index in [1.54, 1.807) is 18.2 Å². The van der Waals surface area contributed by atoms with Crippen molar-refractivity contribution in [1.82, 2.24) is 14.9 Å². The molecule has 2 aromatic heterocycles. The highest BCUT2D eigenvalue weighted by atomic mass is 19.1. The Kier molecular flexibility index (Phi) is 4.63. The summed E-state index contributed by atoms with van der Waals surface area (Å²) < 4.78 is 45.8. The molecule has 3 heterocycles. The molecule has 0 bridgehead atoms. The molecule has 27 heavy (non-hydrogen) atoms. The number of amides is 1. The molecule has 1 aromatic carbocycles. The standard InChI is InChI=1S/C19H18F3N3O2/c20-6-4-12(9-21)19(26)25-7-5-14-16(24-10-23-14)17(25)15-8-11-2-1-3-13(22)18(11)27-15/h1-3,8,10,12,17H,4-7,9H2,(H,23,24)/t12-,17+/m0/s1. The molecule has 3 aromatic rings. The van der Waals surface area contributed by atoms with Crippen LogP contribution in [0.2, 0.25) is 0 Å². The molecule has 0 unspecified atom stereocenters. The van der Waals surface area contributed by atoms with Crippen molar-refractivity contribution in [1.29, 1.82) is 0 Å². The topological polar surface area (TPSA) is 62.1 Å². The number of carbonyl (C=O) groups excluding carboxylic acids is 1.